The van der Waals surface area contributed by atoms with Gasteiger partial charge in [0.05, 0.1) is 16.0 Å². The molecule has 4 aromatic rings. The summed E-state index contributed by atoms with van der Waals surface area (Å²) >= 11 is 6.36. The Kier molecular flexibility index (Phi) is 7.96. The lowest BCUT2D eigenvalue weighted by atomic mass is 9.90. The number of nitrogens with zero attached hydrogens (tertiary/aromatic N) is 7. The summed E-state index contributed by atoms with van der Waals surface area (Å²) in [4.78, 5) is 45.2. The third-order valence-corrected chi connectivity index (χ3v) is 9.79. The van der Waals surface area contributed by atoms with Crippen LogP contribution in [0.25, 0.3) is 28.0 Å². The van der Waals surface area contributed by atoms with E-state index in [1.165, 1.54) is 29.0 Å². The van der Waals surface area contributed by atoms with Crippen molar-refractivity contribution in [1.82, 2.24) is 29.3 Å². The molecule has 2 saturated heterocycles. The van der Waals surface area contributed by atoms with Gasteiger partial charge in [-0.3, -0.25) is 4.79 Å². The maximum atomic E-state index is 16.0. The quantitative estimate of drug-likeness (QED) is 0.228. The van der Waals surface area contributed by atoms with Gasteiger partial charge in [0.25, 0.3) is 0 Å². The van der Waals surface area contributed by atoms with E-state index in [0.29, 0.717) is 38.3 Å². The number of likely N-dealkylation sites (tertiary alicyclic amines) is 1. The van der Waals surface area contributed by atoms with Gasteiger partial charge in [0.1, 0.15) is 22.5 Å². The molecule has 234 valence electrons. The number of fused-ring (bicyclic) bond motifs is 1. The molecule has 0 N–H and O–H groups in total. The molecule has 1 amide bonds. The number of hydrogen-bond donors (Lipinski definition) is 0. The minimum Gasteiger partial charge on any atom is -0.350 e. The van der Waals surface area contributed by atoms with Gasteiger partial charge in [0.2, 0.25) is 5.91 Å². The topological polar surface area (TPSA) is 122 Å². The van der Waals surface area contributed by atoms with Gasteiger partial charge in [-0.2, -0.15) is 4.98 Å². The van der Waals surface area contributed by atoms with Crippen LogP contribution in [0.15, 0.2) is 64.9 Å². The summed E-state index contributed by atoms with van der Waals surface area (Å²) in [5, 5.41) is 0.212. The number of carbonyl (C=O) groups is 1. The normalized spacial score (nSPS) is 17.8. The van der Waals surface area contributed by atoms with Crippen LogP contribution < -0.4 is 10.6 Å². The first-order valence-electron chi connectivity index (χ1n) is 14.3. The summed E-state index contributed by atoms with van der Waals surface area (Å²) in [5.41, 5.74) is 0.0833. The molecule has 2 aliphatic heterocycles. The van der Waals surface area contributed by atoms with Crippen LogP contribution in [0.4, 0.5) is 10.2 Å². The Balaban J connectivity index is 1.67. The minimum absolute atomic E-state index is 0.0118. The number of benzene rings is 1. The predicted molar refractivity (Wildman–Crippen MR) is 170 cm³/mol. The van der Waals surface area contributed by atoms with Gasteiger partial charge in [0, 0.05) is 62.7 Å². The number of halogens is 2. The smallest absolute Gasteiger partial charge is 0.350 e. The van der Waals surface area contributed by atoms with Crippen LogP contribution in [0.3, 0.4) is 0 Å². The Morgan fingerprint density at radius 1 is 1.13 bits per heavy atom. The van der Waals surface area contributed by atoms with Crippen molar-refractivity contribution in [2.75, 3.05) is 50.9 Å². The molecule has 2 fully saturated rings. The van der Waals surface area contributed by atoms with Crippen LogP contribution in [-0.2, 0) is 14.6 Å². The highest BCUT2D eigenvalue weighted by molar-refractivity contribution is 7.90. The predicted octanol–water partition coefficient (Wildman–Crippen LogP) is 3.29. The molecular weight excluding hydrogens is 621 g/mol. The van der Waals surface area contributed by atoms with E-state index in [2.05, 4.69) is 26.4 Å². The van der Waals surface area contributed by atoms with Crippen molar-refractivity contribution in [1.29, 1.82) is 0 Å². The van der Waals surface area contributed by atoms with E-state index >= 15 is 4.39 Å². The van der Waals surface area contributed by atoms with Crippen LogP contribution in [0.2, 0.25) is 5.15 Å². The highest BCUT2D eigenvalue weighted by atomic mass is 35.5. The molecule has 3 aromatic heterocycles. The molecule has 5 heterocycles. The number of anilines is 1. The Morgan fingerprint density at radius 3 is 2.53 bits per heavy atom. The first kappa shape index (κ1) is 30.8. The Hall–Kier alpha value is -4.20. The van der Waals surface area contributed by atoms with E-state index in [9.17, 15) is 18.0 Å². The molecule has 2 aliphatic rings. The molecule has 0 spiro atoms. The Morgan fingerprint density at radius 2 is 1.89 bits per heavy atom. The lowest BCUT2D eigenvalue weighted by Crippen LogP contribution is -2.54. The molecule has 6 rings (SSSR count). The fourth-order valence-corrected chi connectivity index (χ4v) is 7.28. The summed E-state index contributed by atoms with van der Waals surface area (Å²) in [5.74, 6) is -0.819. The van der Waals surface area contributed by atoms with Crippen LogP contribution in [0.5, 0.6) is 0 Å². The van der Waals surface area contributed by atoms with E-state index in [0.717, 1.165) is 6.26 Å². The molecule has 1 aromatic carbocycles. The average molecular weight is 652 g/mol. The van der Waals surface area contributed by atoms with Gasteiger partial charge >= 0.3 is 5.69 Å². The zero-order chi connectivity index (χ0) is 32.2. The van der Waals surface area contributed by atoms with Gasteiger partial charge in [-0.15, -0.1) is 0 Å². The fourth-order valence-electron chi connectivity index (χ4n) is 6.18. The molecular formula is C31H31ClFN7O4S. The van der Waals surface area contributed by atoms with Crippen molar-refractivity contribution in [3.05, 3.63) is 82.3 Å². The SMILES string of the molecule is C=CC(=O)N1CCN(c2nc(=O)n(-c3c(C4CN(C)C4)cccc3S(C)(=O)=O)c3nc(-c4cccnc4Cl)c(F)cc23)[C@@H](C)C1. The molecule has 0 aliphatic carbocycles. The van der Waals surface area contributed by atoms with Crippen molar-refractivity contribution in [3.63, 3.8) is 0 Å². The number of rotatable bonds is 6. The molecule has 0 bridgehead atoms. The minimum atomic E-state index is -3.84. The second-order valence-corrected chi connectivity index (χ2v) is 13.8. The Labute approximate surface area is 264 Å². The van der Waals surface area contributed by atoms with Gasteiger partial charge < -0.3 is 14.7 Å². The Bertz CT molecular complexity index is 2030. The molecule has 0 saturated carbocycles. The van der Waals surface area contributed by atoms with E-state index in [4.69, 9.17) is 11.6 Å². The summed E-state index contributed by atoms with van der Waals surface area (Å²) < 4.78 is 43.5. The van der Waals surface area contributed by atoms with E-state index in [1.54, 1.807) is 29.2 Å². The second kappa shape index (κ2) is 11.6. The number of hydrogen-bond acceptors (Lipinski definition) is 9. The second-order valence-electron chi connectivity index (χ2n) is 11.5. The molecule has 0 unspecified atom stereocenters. The van der Waals surface area contributed by atoms with Crippen LogP contribution in [0, 0.1) is 5.82 Å². The highest BCUT2D eigenvalue weighted by Crippen LogP contribution is 2.37. The number of pyridine rings is 2. The number of carbonyl (C=O) groups excluding carboxylic acids is 1. The number of amides is 1. The van der Waals surface area contributed by atoms with Gasteiger partial charge in [-0.1, -0.05) is 30.3 Å². The third kappa shape index (κ3) is 5.49. The van der Waals surface area contributed by atoms with Crippen molar-refractivity contribution >= 4 is 44.2 Å². The van der Waals surface area contributed by atoms with Crippen molar-refractivity contribution in [2.45, 2.75) is 23.8 Å². The summed E-state index contributed by atoms with van der Waals surface area (Å²) in [6.45, 7) is 7.72. The maximum absolute atomic E-state index is 16.0. The lowest BCUT2D eigenvalue weighted by molar-refractivity contribution is -0.126. The standard InChI is InChI=1S/C31H31ClFN7O4S/c1-5-25(41)38-12-13-39(18(2)15-38)29-22-14-23(33)26(21-9-7-11-34-28(21)32)35-30(22)40(31(42)36-29)27-20(19-16-37(3)17-19)8-6-10-24(27)45(4,43)44/h5-11,14,18-19H,1,12-13,15-17H2,2-4H3/t18-/m0/s1. The van der Waals surface area contributed by atoms with E-state index < -0.39 is 21.3 Å². The molecule has 45 heavy (non-hydrogen) atoms. The van der Waals surface area contributed by atoms with Crippen molar-refractivity contribution < 1.29 is 17.6 Å². The van der Waals surface area contributed by atoms with Crippen molar-refractivity contribution in [3.8, 4) is 16.9 Å². The zero-order valence-corrected chi connectivity index (χ0v) is 26.5. The average Bonchev–Trinajstić information content (AvgIpc) is 2.98. The first-order valence-corrected chi connectivity index (χ1v) is 16.6. The number of para-hydroxylation sites is 1. The third-order valence-electron chi connectivity index (χ3n) is 8.36. The van der Waals surface area contributed by atoms with Gasteiger partial charge in [-0.05, 0) is 49.9 Å². The molecule has 0 radical (unpaired) electrons. The number of aromatic nitrogens is 4. The maximum Gasteiger partial charge on any atom is 0.355 e. The van der Waals surface area contributed by atoms with E-state index in [1.807, 2.05) is 18.9 Å². The highest BCUT2D eigenvalue weighted by Gasteiger charge is 2.34. The number of sulfone groups is 1. The van der Waals surface area contributed by atoms with Crippen LogP contribution in [-0.4, -0.2) is 95.7 Å². The number of piperazine rings is 1. The molecule has 1 atom stereocenters. The molecule has 11 nitrogen and oxygen atoms in total. The van der Waals surface area contributed by atoms with Crippen LogP contribution in [0.1, 0.15) is 18.4 Å². The number of likely N-dealkylation sites (N-methyl/N-ethyl adjacent to an activating group) is 1. The van der Waals surface area contributed by atoms with Gasteiger partial charge in [-0.25, -0.2) is 32.1 Å². The lowest BCUT2D eigenvalue weighted by Gasteiger charge is -2.40. The molecule has 14 heteroatoms. The van der Waals surface area contributed by atoms with Crippen molar-refractivity contribution in [2.24, 2.45) is 0 Å². The zero-order valence-electron chi connectivity index (χ0n) is 24.9. The van der Waals surface area contributed by atoms with E-state index in [-0.39, 0.29) is 61.7 Å². The fraction of sp³-hybridized carbons (Fsp3) is 0.323. The van der Waals surface area contributed by atoms with Crippen LogP contribution >= 0.6 is 11.6 Å². The summed E-state index contributed by atoms with van der Waals surface area (Å²) in [6.07, 6.45) is 3.79. The monoisotopic (exact) mass is 651 g/mol. The first-order chi connectivity index (χ1) is 21.4. The summed E-state index contributed by atoms with van der Waals surface area (Å²) in [6, 6.07) is 9.00. The summed E-state index contributed by atoms with van der Waals surface area (Å²) in [7, 11) is -1.89. The largest absolute Gasteiger partial charge is 0.355 e. The van der Waals surface area contributed by atoms with Gasteiger partial charge in [0.15, 0.2) is 15.5 Å².